The van der Waals surface area contributed by atoms with E-state index in [-0.39, 0.29) is 15.7 Å². The summed E-state index contributed by atoms with van der Waals surface area (Å²) in [6, 6.07) is 18.0. The van der Waals surface area contributed by atoms with Crippen LogP contribution in [-0.4, -0.2) is 18.2 Å². The van der Waals surface area contributed by atoms with E-state index in [1.165, 1.54) is 30.3 Å². The molecule has 3 aromatic carbocycles. The van der Waals surface area contributed by atoms with Gasteiger partial charge in [-0.05, 0) is 53.6 Å². The van der Waals surface area contributed by atoms with E-state index in [1.54, 1.807) is 24.3 Å². The van der Waals surface area contributed by atoms with Gasteiger partial charge in [0, 0.05) is 15.5 Å². The normalized spacial score (nSPS) is 23.1. The van der Waals surface area contributed by atoms with Crippen molar-refractivity contribution in [1.29, 1.82) is 5.26 Å². The Morgan fingerprint density at radius 3 is 1.80 bits per heavy atom. The number of piperidine rings is 1. The number of ether oxygens (including phenoxy) is 1. The molecule has 0 radical (unpaired) electrons. The predicted molar refractivity (Wildman–Crippen MR) is 121 cm³/mol. The second-order valence-electron chi connectivity index (χ2n) is 8.23. The van der Waals surface area contributed by atoms with Gasteiger partial charge in [0.05, 0.1) is 29.2 Å². The van der Waals surface area contributed by atoms with Crippen LogP contribution in [0.3, 0.4) is 0 Å². The number of carbonyl (C=O) groups is 2. The molecular weight excluding hydrogens is 504 g/mol. The standard InChI is InChI=1S/C25H13Cl2F3N2O3/c26-16-9-17(27)11-18(10-16)32-22(33)20-21(23(32)34)24(20,14-3-1-13(12-31)2-4-14)15-5-7-19(8-6-15)35-25(28,29)30/h1-11,20-21H/t20-,21+,24?. The average molecular weight is 517 g/mol. The van der Waals surface area contributed by atoms with Crippen molar-refractivity contribution in [3.05, 3.63) is 93.5 Å². The highest BCUT2D eigenvalue weighted by Gasteiger charge is 2.78. The van der Waals surface area contributed by atoms with Crippen molar-refractivity contribution in [3.8, 4) is 11.8 Å². The number of benzene rings is 3. The minimum atomic E-state index is -4.85. The maximum absolute atomic E-state index is 13.5. The maximum Gasteiger partial charge on any atom is 0.573 e. The number of carbonyl (C=O) groups excluding carboxylic acids is 2. The lowest BCUT2D eigenvalue weighted by Crippen LogP contribution is -2.39. The van der Waals surface area contributed by atoms with Crippen LogP contribution >= 0.6 is 23.2 Å². The molecule has 1 unspecified atom stereocenters. The SMILES string of the molecule is N#Cc1ccc(C2(c3ccc(OC(F)(F)F)cc3)[C@@H]3C(=O)N(c4cc(Cl)cc(Cl)c4)C(=O)[C@@H]32)cc1. The minimum Gasteiger partial charge on any atom is -0.406 e. The Morgan fingerprint density at radius 2 is 1.34 bits per heavy atom. The third-order valence-electron chi connectivity index (χ3n) is 6.34. The van der Waals surface area contributed by atoms with Crippen LogP contribution < -0.4 is 9.64 Å². The summed E-state index contributed by atoms with van der Waals surface area (Å²) in [6.45, 7) is 0. The molecule has 1 saturated carbocycles. The number of hydrogen-bond acceptors (Lipinski definition) is 4. The zero-order valence-corrected chi connectivity index (χ0v) is 19.0. The van der Waals surface area contributed by atoms with Gasteiger partial charge in [-0.25, -0.2) is 4.90 Å². The number of anilines is 1. The average Bonchev–Trinajstić information content (AvgIpc) is 3.41. The van der Waals surface area contributed by atoms with E-state index in [2.05, 4.69) is 4.74 Å². The first-order valence-corrected chi connectivity index (χ1v) is 11.0. The smallest absolute Gasteiger partial charge is 0.406 e. The lowest BCUT2D eigenvalue weighted by molar-refractivity contribution is -0.274. The van der Waals surface area contributed by atoms with Crippen LogP contribution in [0, 0.1) is 23.2 Å². The fourth-order valence-corrected chi connectivity index (χ4v) is 5.52. The highest BCUT2D eigenvalue weighted by Crippen LogP contribution is 2.68. The number of rotatable bonds is 4. The fraction of sp³-hybridized carbons (Fsp3) is 0.160. The quantitative estimate of drug-likeness (QED) is 0.406. The lowest BCUT2D eigenvalue weighted by Gasteiger charge is -2.27. The van der Waals surface area contributed by atoms with E-state index in [0.717, 1.165) is 17.0 Å². The van der Waals surface area contributed by atoms with Gasteiger partial charge in [0.25, 0.3) is 0 Å². The van der Waals surface area contributed by atoms with Crippen LogP contribution in [0.15, 0.2) is 66.7 Å². The van der Waals surface area contributed by atoms with Crippen molar-refractivity contribution in [2.45, 2.75) is 11.8 Å². The molecule has 1 aliphatic carbocycles. The van der Waals surface area contributed by atoms with Gasteiger partial charge < -0.3 is 4.74 Å². The Morgan fingerprint density at radius 1 is 0.857 bits per heavy atom. The van der Waals surface area contributed by atoms with Gasteiger partial charge in [0.15, 0.2) is 0 Å². The molecule has 0 spiro atoms. The summed E-state index contributed by atoms with van der Waals surface area (Å²) < 4.78 is 41.8. The summed E-state index contributed by atoms with van der Waals surface area (Å²) in [4.78, 5) is 28.1. The Hall–Kier alpha value is -3.54. The fourth-order valence-electron chi connectivity index (χ4n) is 5.01. The second-order valence-corrected chi connectivity index (χ2v) is 9.10. The number of hydrogen-bond donors (Lipinski definition) is 0. The first kappa shape index (κ1) is 23.2. The third-order valence-corrected chi connectivity index (χ3v) is 6.78. The number of fused-ring (bicyclic) bond motifs is 1. The van der Waals surface area contributed by atoms with Crippen molar-refractivity contribution >= 4 is 40.7 Å². The summed E-state index contributed by atoms with van der Waals surface area (Å²) in [6.07, 6.45) is -4.85. The topological polar surface area (TPSA) is 70.4 Å². The molecule has 5 rings (SSSR count). The molecule has 1 saturated heterocycles. The predicted octanol–water partition coefficient (Wildman–Crippen LogP) is 5.87. The van der Waals surface area contributed by atoms with Gasteiger partial charge >= 0.3 is 6.36 Å². The second kappa shape index (κ2) is 8.01. The number of amides is 2. The summed E-state index contributed by atoms with van der Waals surface area (Å²) in [5.41, 5.74) is 0.611. The molecule has 0 aromatic heterocycles. The number of imide groups is 1. The number of alkyl halides is 3. The van der Waals surface area contributed by atoms with E-state index in [9.17, 15) is 22.8 Å². The highest BCUT2D eigenvalue weighted by molar-refractivity contribution is 6.36. The zero-order valence-electron chi connectivity index (χ0n) is 17.5. The van der Waals surface area contributed by atoms with Crippen LogP contribution in [0.25, 0.3) is 0 Å². The van der Waals surface area contributed by atoms with E-state index in [4.69, 9.17) is 28.5 Å². The minimum absolute atomic E-state index is 0.243. The van der Waals surface area contributed by atoms with Gasteiger partial charge in [-0.2, -0.15) is 5.26 Å². The van der Waals surface area contributed by atoms with Crippen LogP contribution in [-0.2, 0) is 15.0 Å². The lowest BCUT2D eigenvalue weighted by atomic mass is 9.82. The summed E-state index contributed by atoms with van der Waals surface area (Å²) >= 11 is 12.1. The first-order chi connectivity index (χ1) is 16.6. The van der Waals surface area contributed by atoms with E-state index >= 15 is 0 Å². The van der Waals surface area contributed by atoms with Crippen LogP contribution in [0.1, 0.15) is 16.7 Å². The monoisotopic (exact) mass is 516 g/mol. The molecule has 1 heterocycles. The van der Waals surface area contributed by atoms with Gasteiger partial charge in [-0.3, -0.25) is 9.59 Å². The van der Waals surface area contributed by atoms with Crippen molar-refractivity contribution in [1.82, 2.24) is 0 Å². The van der Waals surface area contributed by atoms with Crippen LogP contribution in [0.2, 0.25) is 10.0 Å². The molecule has 5 nitrogen and oxygen atoms in total. The molecule has 2 amide bonds. The molecule has 10 heteroatoms. The Kier molecular flexibility index (Phi) is 5.31. The molecule has 1 aliphatic heterocycles. The summed E-state index contributed by atoms with van der Waals surface area (Å²) in [5.74, 6) is -2.96. The van der Waals surface area contributed by atoms with Gasteiger partial charge in [0.2, 0.25) is 11.8 Å². The Labute approximate surface area is 207 Å². The summed E-state index contributed by atoms with van der Waals surface area (Å²) in [7, 11) is 0. The molecule has 0 N–H and O–H groups in total. The summed E-state index contributed by atoms with van der Waals surface area (Å²) in [5, 5.41) is 9.66. The molecular formula is C25H13Cl2F3N2O3. The van der Waals surface area contributed by atoms with Crippen molar-refractivity contribution in [2.75, 3.05) is 4.90 Å². The number of nitriles is 1. The molecule has 176 valence electrons. The van der Waals surface area contributed by atoms with Crippen LogP contribution in [0.4, 0.5) is 18.9 Å². The Balaban J connectivity index is 1.58. The van der Waals surface area contributed by atoms with Gasteiger partial charge in [-0.15, -0.1) is 13.2 Å². The number of halogens is 5. The van der Waals surface area contributed by atoms with Crippen LogP contribution in [0.5, 0.6) is 5.75 Å². The highest BCUT2D eigenvalue weighted by atomic mass is 35.5. The van der Waals surface area contributed by atoms with Crippen molar-refractivity contribution in [3.63, 3.8) is 0 Å². The largest absolute Gasteiger partial charge is 0.573 e. The molecule has 35 heavy (non-hydrogen) atoms. The molecule has 3 aromatic rings. The van der Waals surface area contributed by atoms with E-state index in [1.807, 2.05) is 6.07 Å². The van der Waals surface area contributed by atoms with Gasteiger partial charge in [0.1, 0.15) is 5.75 Å². The zero-order chi connectivity index (χ0) is 25.1. The van der Waals surface area contributed by atoms with E-state index < -0.39 is 41.2 Å². The van der Waals surface area contributed by atoms with Gasteiger partial charge in [-0.1, -0.05) is 47.5 Å². The number of nitrogens with zero attached hydrogens (tertiary/aromatic N) is 2. The van der Waals surface area contributed by atoms with E-state index in [0.29, 0.717) is 16.7 Å². The molecule has 0 bridgehead atoms. The first-order valence-electron chi connectivity index (χ1n) is 10.3. The van der Waals surface area contributed by atoms with Crippen molar-refractivity contribution in [2.24, 2.45) is 11.8 Å². The molecule has 2 fully saturated rings. The third kappa shape index (κ3) is 3.72. The van der Waals surface area contributed by atoms with Crippen molar-refractivity contribution < 1.29 is 27.5 Å². The molecule has 3 atom stereocenters. The Bertz CT molecular complexity index is 1360. The molecule has 2 aliphatic rings. The maximum atomic E-state index is 13.5.